The summed E-state index contributed by atoms with van der Waals surface area (Å²) in [6.45, 7) is 1.84. The molecular formula is C33H33BrClN3O5. The summed E-state index contributed by atoms with van der Waals surface area (Å²) in [5, 5.41) is 11.1. The van der Waals surface area contributed by atoms with Crippen molar-refractivity contribution in [3.05, 3.63) is 107 Å². The molecule has 1 aliphatic rings. The fourth-order valence-corrected chi connectivity index (χ4v) is 5.46. The van der Waals surface area contributed by atoms with E-state index in [-0.39, 0.29) is 36.0 Å². The number of aromatic carboxylic acids is 1. The van der Waals surface area contributed by atoms with Crippen LogP contribution in [-0.2, 0) is 11.2 Å². The van der Waals surface area contributed by atoms with Gasteiger partial charge in [-0.2, -0.15) is 0 Å². The summed E-state index contributed by atoms with van der Waals surface area (Å²) >= 11 is 3.46. The van der Waals surface area contributed by atoms with Gasteiger partial charge in [0.2, 0.25) is 5.91 Å². The van der Waals surface area contributed by atoms with Crippen molar-refractivity contribution < 1.29 is 24.2 Å². The van der Waals surface area contributed by atoms with Gasteiger partial charge in [0, 0.05) is 17.6 Å². The first-order valence-corrected chi connectivity index (χ1v) is 14.6. The Balaban J connectivity index is 0.00000423. The number of carboxylic acid groups (broad SMARTS) is 1. The number of halogens is 2. The number of ether oxygens (including phenoxy) is 2. The van der Waals surface area contributed by atoms with Crippen molar-refractivity contribution >= 4 is 57.3 Å². The summed E-state index contributed by atoms with van der Waals surface area (Å²) in [4.78, 5) is 28.1. The Hall–Kier alpha value is -4.21. The van der Waals surface area contributed by atoms with Crippen molar-refractivity contribution in [3.63, 3.8) is 0 Å². The fourth-order valence-electron chi connectivity index (χ4n) is 4.97. The third-order valence-electron chi connectivity index (χ3n) is 7.08. The highest BCUT2D eigenvalue weighted by Crippen LogP contribution is 2.34. The summed E-state index contributed by atoms with van der Waals surface area (Å²) in [6, 6.07) is 27.9. The Morgan fingerprint density at radius 2 is 1.56 bits per heavy atom. The minimum Gasteiger partial charge on any atom is -0.496 e. The second-order valence-corrected chi connectivity index (χ2v) is 10.8. The molecule has 0 aromatic heterocycles. The number of nitrogens with zero attached hydrogens (tertiary/aromatic N) is 2. The number of piperidine rings is 1. The first-order chi connectivity index (χ1) is 20.4. The number of para-hydroxylation sites is 3. The highest BCUT2D eigenvalue weighted by molar-refractivity contribution is 9.10. The quantitative estimate of drug-likeness (QED) is 0.166. The van der Waals surface area contributed by atoms with E-state index in [1.807, 2.05) is 78.9 Å². The molecule has 0 bridgehead atoms. The molecule has 4 aromatic carbocycles. The van der Waals surface area contributed by atoms with Crippen LogP contribution in [0.1, 0.15) is 35.2 Å². The van der Waals surface area contributed by atoms with Crippen LogP contribution in [-0.4, -0.2) is 37.2 Å². The van der Waals surface area contributed by atoms with E-state index in [2.05, 4.69) is 26.3 Å². The highest BCUT2D eigenvalue weighted by Gasteiger charge is 2.25. The molecule has 10 heteroatoms. The van der Waals surface area contributed by atoms with E-state index in [4.69, 9.17) is 9.47 Å². The van der Waals surface area contributed by atoms with Crippen LogP contribution in [0.3, 0.4) is 0 Å². The zero-order valence-corrected chi connectivity index (χ0v) is 26.1. The molecule has 43 heavy (non-hydrogen) atoms. The second kappa shape index (κ2) is 14.8. The average Bonchev–Trinajstić information content (AvgIpc) is 3.02. The molecule has 0 saturated carbocycles. The van der Waals surface area contributed by atoms with Crippen molar-refractivity contribution in [1.29, 1.82) is 0 Å². The maximum Gasteiger partial charge on any atom is 0.339 e. The van der Waals surface area contributed by atoms with Crippen molar-refractivity contribution in [2.24, 2.45) is 0 Å². The van der Waals surface area contributed by atoms with Crippen LogP contribution < -0.4 is 24.8 Å². The number of amides is 1. The minimum absolute atomic E-state index is 0. The van der Waals surface area contributed by atoms with E-state index < -0.39 is 5.97 Å². The normalized spacial score (nSPS) is 12.6. The second-order valence-electron chi connectivity index (χ2n) is 9.94. The number of hydrazine groups is 1. The molecule has 1 fully saturated rings. The van der Waals surface area contributed by atoms with Crippen LogP contribution in [0.5, 0.6) is 17.2 Å². The number of benzene rings is 4. The predicted molar refractivity (Wildman–Crippen MR) is 175 cm³/mol. The van der Waals surface area contributed by atoms with Gasteiger partial charge in [-0.25, -0.2) is 9.80 Å². The maximum absolute atomic E-state index is 14.1. The number of carbonyl (C=O) groups is 2. The van der Waals surface area contributed by atoms with E-state index in [1.54, 1.807) is 11.1 Å². The SMILES string of the molecule is COc1cc(CC(=O)N(Nc2ccc(Oc3ccccc3)cc2)c2ccccc2N2CCCCC2)c(Br)cc1C(=O)O.Cl. The Morgan fingerprint density at radius 1 is 0.907 bits per heavy atom. The number of carbonyl (C=O) groups excluding carboxylic acids is 1. The Bertz CT molecular complexity index is 1550. The molecule has 224 valence electrons. The van der Waals surface area contributed by atoms with Gasteiger partial charge >= 0.3 is 5.97 Å². The Morgan fingerprint density at radius 3 is 2.23 bits per heavy atom. The van der Waals surface area contributed by atoms with Gasteiger partial charge in [0.05, 0.1) is 30.6 Å². The molecule has 1 amide bonds. The molecule has 0 spiro atoms. The lowest BCUT2D eigenvalue weighted by Gasteiger charge is -2.34. The molecule has 8 nitrogen and oxygen atoms in total. The van der Waals surface area contributed by atoms with Gasteiger partial charge < -0.3 is 19.5 Å². The summed E-state index contributed by atoms with van der Waals surface area (Å²) in [7, 11) is 1.41. The molecule has 5 rings (SSSR count). The molecule has 1 heterocycles. The molecule has 4 aromatic rings. The van der Waals surface area contributed by atoms with Gasteiger partial charge in [0.25, 0.3) is 0 Å². The number of hydrogen-bond donors (Lipinski definition) is 2. The average molecular weight is 667 g/mol. The number of carboxylic acids is 1. The lowest BCUT2D eigenvalue weighted by atomic mass is 10.1. The Kier molecular flexibility index (Phi) is 10.9. The topological polar surface area (TPSA) is 91.3 Å². The third-order valence-corrected chi connectivity index (χ3v) is 7.82. The van der Waals surface area contributed by atoms with Crippen LogP contribution >= 0.6 is 28.3 Å². The summed E-state index contributed by atoms with van der Waals surface area (Å²) in [5.41, 5.74) is 6.36. The number of nitrogens with one attached hydrogen (secondary N) is 1. The van der Waals surface area contributed by atoms with Crippen LogP contribution in [0.2, 0.25) is 0 Å². The minimum atomic E-state index is -1.11. The molecule has 0 radical (unpaired) electrons. The van der Waals surface area contributed by atoms with Crippen molar-refractivity contribution in [2.75, 3.05) is 35.5 Å². The smallest absolute Gasteiger partial charge is 0.339 e. The van der Waals surface area contributed by atoms with Gasteiger partial charge in [0.1, 0.15) is 22.8 Å². The van der Waals surface area contributed by atoms with Crippen LogP contribution in [0.15, 0.2) is 95.5 Å². The molecule has 1 aliphatic heterocycles. The van der Waals surface area contributed by atoms with Crippen LogP contribution in [0.4, 0.5) is 17.1 Å². The van der Waals surface area contributed by atoms with E-state index in [0.717, 1.165) is 43.1 Å². The van der Waals surface area contributed by atoms with Crippen molar-refractivity contribution in [2.45, 2.75) is 25.7 Å². The number of anilines is 3. The summed E-state index contributed by atoms with van der Waals surface area (Å²) in [5.74, 6) is 0.266. The Labute approximate surface area is 265 Å². The zero-order chi connectivity index (χ0) is 29.5. The van der Waals surface area contributed by atoms with Gasteiger partial charge in [-0.1, -0.05) is 46.3 Å². The summed E-state index contributed by atoms with van der Waals surface area (Å²) < 4.78 is 11.8. The number of rotatable bonds is 10. The lowest BCUT2D eigenvalue weighted by Crippen LogP contribution is -2.39. The molecule has 0 atom stereocenters. The summed E-state index contributed by atoms with van der Waals surface area (Å²) in [6.07, 6.45) is 3.38. The van der Waals surface area contributed by atoms with E-state index >= 15 is 0 Å². The molecule has 2 N–H and O–H groups in total. The van der Waals surface area contributed by atoms with E-state index in [0.29, 0.717) is 21.5 Å². The first kappa shape index (κ1) is 31.7. The number of hydrogen-bond acceptors (Lipinski definition) is 6. The largest absolute Gasteiger partial charge is 0.496 e. The van der Waals surface area contributed by atoms with Gasteiger partial charge in [0.15, 0.2) is 0 Å². The monoisotopic (exact) mass is 665 g/mol. The van der Waals surface area contributed by atoms with Crippen molar-refractivity contribution in [1.82, 2.24) is 0 Å². The van der Waals surface area contributed by atoms with E-state index in [9.17, 15) is 14.7 Å². The fraction of sp³-hybridized carbons (Fsp3) is 0.212. The van der Waals surface area contributed by atoms with Gasteiger partial charge in [-0.3, -0.25) is 10.2 Å². The molecule has 0 unspecified atom stereocenters. The van der Waals surface area contributed by atoms with Crippen LogP contribution in [0, 0.1) is 0 Å². The maximum atomic E-state index is 14.1. The predicted octanol–water partition coefficient (Wildman–Crippen LogP) is 7.96. The van der Waals surface area contributed by atoms with Crippen molar-refractivity contribution in [3.8, 4) is 17.2 Å². The highest BCUT2D eigenvalue weighted by atomic mass is 79.9. The molecular weight excluding hydrogens is 634 g/mol. The lowest BCUT2D eigenvalue weighted by molar-refractivity contribution is -0.117. The van der Waals surface area contributed by atoms with Crippen LogP contribution in [0.25, 0.3) is 0 Å². The molecule has 1 saturated heterocycles. The zero-order valence-electron chi connectivity index (χ0n) is 23.7. The first-order valence-electron chi connectivity index (χ1n) is 13.8. The van der Waals surface area contributed by atoms with Gasteiger partial charge in [-0.05, 0) is 85.5 Å². The molecule has 0 aliphatic carbocycles. The number of methoxy groups -OCH3 is 1. The standard InChI is InChI=1S/C33H32BrN3O5.ClH/c1-41-31-20-23(28(34)22-27(31)33(39)40)21-32(38)37(30-13-7-6-12-29(30)36-18-8-3-9-19-36)35-24-14-16-26(17-15-24)42-25-10-4-2-5-11-25;/h2,4-7,10-17,20,22,35H,3,8-9,18-19,21H2,1H3,(H,39,40);1H. The van der Waals surface area contributed by atoms with Gasteiger partial charge in [-0.15, -0.1) is 12.4 Å². The van der Waals surface area contributed by atoms with E-state index in [1.165, 1.54) is 19.6 Å². The third kappa shape index (κ3) is 7.80.